The molecular weight excluding hydrogens is 204 g/mol. The minimum Gasteiger partial charge on any atom is -0.506 e. The molecule has 0 bridgehead atoms. The Bertz CT molecular complexity index is 550. The lowest BCUT2D eigenvalue weighted by Crippen LogP contribution is -1.98. The van der Waals surface area contributed by atoms with Gasteiger partial charge in [0.05, 0.1) is 0 Å². The number of carbonyl (C=O) groups is 1. The Morgan fingerprint density at radius 3 is 3.00 bits per heavy atom. The van der Waals surface area contributed by atoms with Crippen molar-refractivity contribution in [2.24, 2.45) is 0 Å². The van der Waals surface area contributed by atoms with E-state index < -0.39 is 0 Å². The van der Waals surface area contributed by atoms with Crippen LogP contribution >= 0.6 is 0 Å². The number of carbonyl (C=O) groups excluding carboxylic acids is 1. The summed E-state index contributed by atoms with van der Waals surface area (Å²) in [5, 5.41) is 12.9. The summed E-state index contributed by atoms with van der Waals surface area (Å²) in [5.74, 6) is 0.149. The number of rotatable bonds is 3. The minimum atomic E-state index is 0.149. The van der Waals surface area contributed by atoms with Crippen LogP contribution in [0.2, 0.25) is 0 Å². The summed E-state index contributed by atoms with van der Waals surface area (Å²) < 4.78 is 0. The molecule has 0 fully saturated rings. The Morgan fingerprint density at radius 2 is 2.19 bits per heavy atom. The predicted octanol–water partition coefficient (Wildman–Crippen LogP) is 1.66. The van der Waals surface area contributed by atoms with Crippen molar-refractivity contribution < 1.29 is 9.90 Å². The Kier molecular flexibility index (Phi) is 2.82. The van der Waals surface area contributed by atoms with Gasteiger partial charge in [-0.3, -0.25) is 9.78 Å². The molecule has 16 heavy (non-hydrogen) atoms. The zero-order valence-corrected chi connectivity index (χ0v) is 8.42. The first-order valence-electron chi connectivity index (χ1n) is 4.76. The number of aromatic hydroxyl groups is 1. The van der Waals surface area contributed by atoms with E-state index in [1.807, 2.05) is 6.07 Å². The first-order chi connectivity index (χ1) is 7.83. The normalized spacial score (nSPS) is 10.8. The SMILES string of the molecule is O=CNC=Cc1ccc(O)c2ncccc12. The zero-order valence-electron chi connectivity index (χ0n) is 8.42. The van der Waals surface area contributed by atoms with Crippen molar-refractivity contribution in [2.45, 2.75) is 0 Å². The topological polar surface area (TPSA) is 62.2 Å². The van der Waals surface area contributed by atoms with Crippen LogP contribution in [0.5, 0.6) is 5.75 Å². The average molecular weight is 214 g/mol. The van der Waals surface area contributed by atoms with E-state index in [-0.39, 0.29) is 5.75 Å². The number of hydrogen-bond donors (Lipinski definition) is 2. The van der Waals surface area contributed by atoms with Crippen molar-refractivity contribution in [1.29, 1.82) is 0 Å². The molecule has 0 unspecified atom stereocenters. The van der Waals surface area contributed by atoms with Crippen LogP contribution in [0, 0.1) is 0 Å². The second-order valence-electron chi connectivity index (χ2n) is 3.19. The van der Waals surface area contributed by atoms with Gasteiger partial charge in [0.25, 0.3) is 0 Å². The van der Waals surface area contributed by atoms with Gasteiger partial charge >= 0.3 is 0 Å². The fourth-order valence-electron chi connectivity index (χ4n) is 1.50. The van der Waals surface area contributed by atoms with E-state index in [1.165, 1.54) is 6.20 Å². The lowest BCUT2D eigenvalue weighted by atomic mass is 10.1. The van der Waals surface area contributed by atoms with Gasteiger partial charge in [-0.05, 0) is 23.8 Å². The summed E-state index contributed by atoms with van der Waals surface area (Å²) >= 11 is 0. The summed E-state index contributed by atoms with van der Waals surface area (Å²) in [7, 11) is 0. The maximum absolute atomic E-state index is 10.1. The molecule has 0 atom stereocenters. The largest absolute Gasteiger partial charge is 0.506 e. The van der Waals surface area contributed by atoms with Gasteiger partial charge in [-0.2, -0.15) is 0 Å². The second kappa shape index (κ2) is 4.44. The van der Waals surface area contributed by atoms with Gasteiger partial charge in [0, 0.05) is 17.8 Å². The molecule has 0 radical (unpaired) electrons. The number of pyridine rings is 1. The van der Waals surface area contributed by atoms with Crippen LogP contribution < -0.4 is 5.32 Å². The highest BCUT2D eigenvalue weighted by Crippen LogP contribution is 2.25. The van der Waals surface area contributed by atoms with E-state index in [1.54, 1.807) is 30.5 Å². The molecule has 0 spiro atoms. The predicted molar refractivity (Wildman–Crippen MR) is 61.6 cm³/mol. The van der Waals surface area contributed by atoms with E-state index in [4.69, 9.17) is 0 Å². The van der Waals surface area contributed by atoms with Gasteiger partial charge < -0.3 is 10.4 Å². The third-order valence-corrected chi connectivity index (χ3v) is 2.21. The van der Waals surface area contributed by atoms with Gasteiger partial charge in [-0.25, -0.2) is 0 Å². The molecule has 2 rings (SSSR count). The summed E-state index contributed by atoms with van der Waals surface area (Å²) in [6, 6.07) is 7.01. The van der Waals surface area contributed by atoms with Crippen molar-refractivity contribution in [3.63, 3.8) is 0 Å². The smallest absolute Gasteiger partial charge is 0.211 e. The summed E-state index contributed by atoms with van der Waals surface area (Å²) in [6.45, 7) is 0. The molecule has 80 valence electrons. The number of phenols is 1. The maximum atomic E-state index is 10.1. The molecular formula is C12H10N2O2. The van der Waals surface area contributed by atoms with Gasteiger partial charge in [-0.1, -0.05) is 12.1 Å². The van der Waals surface area contributed by atoms with Crippen molar-refractivity contribution >= 4 is 23.4 Å². The zero-order chi connectivity index (χ0) is 11.4. The van der Waals surface area contributed by atoms with Crippen LogP contribution in [0.1, 0.15) is 5.56 Å². The summed E-state index contributed by atoms with van der Waals surface area (Å²) in [6.07, 6.45) is 5.50. The number of phenolic OH excluding ortho intramolecular Hbond substituents is 1. The standard InChI is InChI=1S/C12H10N2O2/c15-8-13-7-5-9-3-4-11(16)12-10(9)2-1-6-14-12/h1-8,16H,(H,13,15). The molecule has 1 amide bonds. The van der Waals surface area contributed by atoms with Gasteiger partial charge in [-0.15, -0.1) is 0 Å². The first-order valence-corrected chi connectivity index (χ1v) is 4.76. The van der Waals surface area contributed by atoms with Crippen LogP contribution in [0.4, 0.5) is 0 Å². The number of nitrogens with one attached hydrogen (secondary N) is 1. The third-order valence-electron chi connectivity index (χ3n) is 2.21. The van der Waals surface area contributed by atoms with Crippen molar-refractivity contribution in [2.75, 3.05) is 0 Å². The second-order valence-corrected chi connectivity index (χ2v) is 3.19. The van der Waals surface area contributed by atoms with E-state index in [0.29, 0.717) is 11.9 Å². The van der Waals surface area contributed by atoms with Crippen LogP contribution in [0.15, 0.2) is 36.7 Å². The molecule has 0 saturated carbocycles. The highest BCUT2D eigenvalue weighted by Gasteiger charge is 2.02. The van der Waals surface area contributed by atoms with E-state index in [2.05, 4.69) is 10.3 Å². The average Bonchev–Trinajstić information content (AvgIpc) is 2.33. The van der Waals surface area contributed by atoms with Crippen molar-refractivity contribution in [3.8, 4) is 5.75 Å². The number of fused-ring (bicyclic) bond motifs is 1. The lowest BCUT2D eigenvalue weighted by molar-refractivity contribution is -0.108. The van der Waals surface area contributed by atoms with E-state index in [0.717, 1.165) is 10.9 Å². The van der Waals surface area contributed by atoms with E-state index in [9.17, 15) is 9.90 Å². The number of amides is 1. The number of benzene rings is 1. The maximum Gasteiger partial charge on any atom is 0.211 e. The number of aromatic nitrogens is 1. The molecule has 4 heteroatoms. The van der Waals surface area contributed by atoms with Crippen LogP contribution in [-0.4, -0.2) is 16.5 Å². The molecule has 1 aromatic carbocycles. The lowest BCUT2D eigenvalue weighted by Gasteiger charge is -2.03. The molecule has 0 aliphatic heterocycles. The molecule has 0 saturated heterocycles. The van der Waals surface area contributed by atoms with Gasteiger partial charge in [0.2, 0.25) is 6.41 Å². The summed E-state index contributed by atoms with van der Waals surface area (Å²) in [4.78, 5) is 14.2. The fourth-order valence-corrected chi connectivity index (χ4v) is 1.50. The first kappa shape index (κ1) is 10.2. The number of hydrogen-bond acceptors (Lipinski definition) is 3. The monoisotopic (exact) mass is 214 g/mol. The fraction of sp³-hybridized carbons (Fsp3) is 0. The Balaban J connectivity index is 2.54. The quantitative estimate of drug-likeness (QED) is 0.764. The molecule has 1 aromatic heterocycles. The van der Waals surface area contributed by atoms with Gasteiger partial charge in [0.15, 0.2) is 0 Å². The number of nitrogens with zero attached hydrogens (tertiary/aromatic N) is 1. The molecule has 0 aliphatic rings. The third kappa shape index (κ3) is 1.86. The van der Waals surface area contributed by atoms with Gasteiger partial charge in [0.1, 0.15) is 11.3 Å². The minimum absolute atomic E-state index is 0.149. The Morgan fingerprint density at radius 1 is 1.31 bits per heavy atom. The van der Waals surface area contributed by atoms with Crippen LogP contribution in [0.25, 0.3) is 17.0 Å². The van der Waals surface area contributed by atoms with Crippen LogP contribution in [0.3, 0.4) is 0 Å². The Labute approximate surface area is 92.2 Å². The molecule has 0 aliphatic carbocycles. The molecule has 2 aromatic rings. The molecule has 1 heterocycles. The van der Waals surface area contributed by atoms with Crippen molar-refractivity contribution in [1.82, 2.24) is 10.3 Å². The van der Waals surface area contributed by atoms with Crippen molar-refractivity contribution in [3.05, 3.63) is 42.2 Å². The Hall–Kier alpha value is -2.36. The highest BCUT2D eigenvalue weighted by atomic mass is 16.3. The van der Waals surface area contributed by atoms with E-state index >= 15 is 0 Å². The highest BCUT2D eigenvalue weighted by molar-refractivity contribution is 5.91. The molecule has 4 nitrogen and oxygen atoms in total. The molecule has 2 N–H and O–H groups in total. The van der Waals surface area contributed by atoms with Crippen LogP contribution in [-0.2, 0) is 4.79 Å². The summed E-state index contributed by atoms with van der Waals surface area (Å²) in [5.41, 5.74) is 1.44.